The number of hydrogen-bond donors (Lipinski definition) is 1. The summed E-state index contributed by atoms with van der Waals surface area (Å²) >= 11 is 1.24. The van der Waals surface area contributed by atoms with Crippen molar-refractivity contribution in [3.63, 3.8) is 0 Å². The number of aryl methyl sites for hydroxylation is 1. The van der Waals surface area contributed by atoms with Crippen molar-refractivity contribution in [2.75, 3.05) is 5.75 Å². The number of hydrogen-bond acceptors (Lipinski definition) is 2. The van der Waals surface area contributed by atoms with Gasteiger partial charge in [-0.05, 0) is 42.5 Å². The second-order valence-corrected chi connectivity index (χ2v) is 6.45. The van der Waals surface area contributed by atoms with Crippen molar-refractivity contribution in [1.29, 1.82) is 0 Å². The Hall–Kier alpha value is -1.81. The predicted molar refractivity (Wildman–Crippen MR) is 87.4 cm³/mol. The van der Waals surface area contributed by atoms with Crippen molar-refractivity contribution in [3.05, 3.63) is 65.5 Å². The Morgan fingerprint density at radius 3 is 2.82 bits per heavy atom. The van der Waals surface area contributed by atoms with Crippen molar-refractivity contribution < 1.29 is 9.18 Å². The van der Waals surface area contributed by atoms with Crippen LogP contribution in [0.5, 0.6) is 0 Å². The molecule has 0 spiro atoms. The minimum Gasteiger partial charge on any atom is -0.349 e. The Labute approximate surface area is 134 Å². The molecular formula is C18H18FNOS. The highest BCUT2D eigenvalue weighted by molar-refractivity contribution is 8.00. The average molecular weight is 315 g/mol. The van der Waals surface area contributed by atoms with Gasteiger partial charge in [0.15, 0.2) is 0 Å². The van der Waals surface area contributed by atoms with Crippen LogP contribution in [0.25, 0.3) is 0 Å². The van der Waals surface area contributed by atoms with Gasteiger partial charge in [0.2, 0.25) is 5.91 Å². The zero-order chi connectivity index (χ0) is 15.4. The lowest BCUT2D eigenvalue weighted by atomic mass is 9.88. The zero-order valence-electron chi connectivity index (χ0n) is 12.2. The van der Waals surface area contributed by atoms with E-state index in [1.807, 2.05) is 12.1 Å². The van der Waals surface area contributed by atoms with Gasteiger partial charge in [-0.25, -0.2) is 4.39 Å². The fourth-order valence-electron chi connectivity index (χ4n) is 2.84. The molecule has 114 valence electrons. The van der Waals surface area contributed by atoms with E-state index in [0.717, 1.165) is 19.3 Å². The highest BCUT2D eigenvalue weighted by Crippen LogP contribution is 2.29. The molecule has 0 aliphatic heterocycles. The Kier molecular flexibility index (Phi) is 4.78. The molecule has 1 atom stereocenters. The van der Waals surface area contributed by atoms with Crippen LogP contribution in [0.4, 0.5) is 4.39 Å². The van der Waals surface area contributed by atoms with Crippen LogP contribution >= 0.6 is 11.8 Å². The number of carbonyl (C=O) groups is 1. The van der Waals surface area contributed by atoms with E-state index >= 15 is 0 Å². The van der Waals surface area contributed by atoms with Crippen LogP contribution in [0.2, 0.25) is 0 Å². The minimum absolute atomic E-state index is 0.0463. The van der Waals surface area contributed by atoms with Gasteiger partial charge in [-0.2, -0.15) is 0 Å². The van der Waals surface area contributed by atoms with Crippen molar-refractivity contribution in [2.45, 2.75) is 30.2 Å². The van der Waals surface area contributed by atoms with Gasteiger partial charge in [-0.15, -0.1) is 11.8 Å². The van der Waals surface area contributed by atoms with Crippen LogP contribution in [0.3, 0.4) is 0 Å². The number of thioether (sulfide) groups is 1. The summed E-state index contributed by atoms with van der Waals surface area (Å²) in [6, 6.07) is 14.9. The Morgan fingerprint density at radius 2 is 1.95 bits per heavy atom. The predicted octanol–water partition coefficient (Wildman–Crippen LogP) is 4.11. The van der Waals surface area contributed by atoms with E-state index in [9.17, 15) is 9.18 Å². The van der Waals surface area contributed by atoms with Crippen molar-refractivity contribution in [3.8, 4) is 0 Å². The topological polar surface area (TPSA) is 29.1 Å². The third kappa shape index (κ3) is 3.50. The largest absolute Gasteiger partial charge is 0.349 e. The molecule has 2 aromatic rings. The maximum absolute atomic E-state index is 13.5. The lowest BCUT2D eigenvalue weighted by molar-refractivity contribution is -0.119. The highest BCUT2D eigenvalue weighted by Gasteiger charge is 2.21. The third-order valence-corrected chi connectivity index (χ3v) is 4.95. The molecule has 1 N–H and O–H groups in total. The number of rotatable bonds is 4. The maximum Gasteiger partial charge on any atom is 0.230 e. The van der Waals surface area contributed by atoms with Crippen LogP contribution < -0.4 is 5.32 Å². The molecule has 0 fully saturated rings. The maximum atomic E-state index is 13.5. The van der Waals surface area contributed by atoms with E-state index in [1.165, 1.54) is 29.0 Å². The molecule has 1 aliphatic carbocycles. The van der Waals surface area contributed by atoms with E-state index in [-0.39, 0.29) is 23.5 Å². The highest BCUT2D eigenvalue weighted by atomic mass is 32.2. The first-order valence-electron chi connectivity index (χ1n) is 7.48. The molecule has 4 heteroatoms. The zero-order valence-corrected chi connectivity index (χ0v) is 13.0. The van der Waals surface area contributed by atoms with E-state index in [0.29, 0.717) is 4.90 Å². The number of nitrogens with one attached hydrogen (secondary N) is 1. The quantitative estimate of drug-likeness (QED) is 0.860. The van der Waals surface area contributed by atoms with E-state index in [2.05, 4.69) is 17.4 Å². The lowest BCUT2D eigenvalue weighted by Gasteiger charge is -2.26. The summed E-state index contributed by atoms with van der Waals surface area (Å²) in [5.74, 6) is -0.0853. The first kappa shape index (κ1) is 15.1. The van der Waals surface area contributed by atoms with Gasteiger partial charge in [0.25, 0.3) is 0 Å². The molecule has 22 heavy (non-hydrogen) atoms. The first-order valence-corrected chi connectivity index (χ1v) is 8.47. The van der Waals surface area contributed by atoms with E-state index < -0.39 is 0 Å². The molecule has 0 heterocycles. The van der Waals surface area contributed by atoms with E-state index in [1.54, 1.807) is 18.2 Å². The van der Waals surface area contributed by atoms with Crippen molar-refractivity contribution in [1.82, 2.24) is 5.32 Å². The molecule has 0 saturated carbocycles. The SMILES string of the molecule is O=C(CSc1ccccc1F)NC1CCCc2ccccc21. The molecule has 1 aliphatic rings. The standard InChI is InChI=1S/C18H18FNOS/c19-15-9-3-4-11-17(15)22-12-18(21)20-16-10-5-7-13-6-1-2-8-14(13)16/h1-4,6,8-9,11,16H,5,7,10,12H2,(H,20,21). The molecule has 3 rings (SSSR count). The average Bonchev–Trinajstić information content (AvgIpc) is 2.54. The summed E-state index contributed by atoms with van der Waals surface area (Å²) in [5, 5.41) is 3.08. The monoisotopic (exact) mass is 315 g/mol. The number of halogens is 1. The van der Waals surface area contributed by atoms with Gasteiger partial charge < -0.3 is 5.32 Å². The van der Waals surface area contributed by atoms with Crippen LogP contribution in [0, 0.1) is 5.82 Å². The molecule has 2 aromatic carbocycles. The number of carbonyl (C=O) groups excluding carboxylic acids is 1. The Bertz CT molecular complexity index is 674. The normalized spacial score (nSPS) is 16.9. The first-order chi connectivity index (χ1) is 10.7. The fourth-order valence-corrected chi connectivity index (χ4v) is 3.60. The van der Waals surface area contributed by atoms with Gasteiger partial charge in [0.1, 0.15) is 5.82 Å². The second-order valence-electron chi connectivity index (χ2n) is 5.43. The van der Waals surface area contributed by atoms with E-state index in [4.69, 9.17) is 0 Å². The Morgan fingerprint density at radius 1 is 1.18 bits per heavy atom. The molecule has 0 radical (unpaired) electrons. The number of amides is 1. The van der Waals surface area contributed by atoms with Gasteiger partial charge in [-0.3, -0.25) is 4.79 Å². The van der Waals surface area contributed by atoms with Gasteiger partial charge >= 0.3 is 0 Å². The summed E-state index contributed by atoms with van der Waals surface area (Å²) in [7, 11) is 0. The van der Waals surface area contributed by atoms with Gasteiger partial charge in [0.05, 0.1) is 11.8 Å². The number of benzene rings is 2. The van der Waals surface area contributed by atoms with Crippen LogP contribution in [0.1, 0.15) is 30.0 Å². The molecule has 1 unspecified atom stereocenters. The Balaban J connectivity index is 1.60. The smallest absolute Gasteiger partial charge is 0.230 e. The fraction of sp³-hybridized carbons (Fsp3) is 0.278. The summed E-state index contributed by atoms with van der Waals surface area (Å²) in [6.07, 6.45) is 3.13. The summed E-state index contributed by atoms with van der Waals surface area (Å²) in [5.41, 5.74) is 2.54. The van der Waals surface area contributed by atoms with Gasteiger partial charge in [-0.1, -0.05) is 36.4 Å². The molecule has 0 saturated heterocycles. The molecule has 1 amide bonds. The van der Waals surface area contributed by atoms with Crippen LogP contribution in [-0.2, 0) is 11.2 Å². The lowest BCUT2D eigenvalue weighted by Crippen LogP contribution is -2.32. The van der Waals surface area contributed by atoms with Crippen molar-refractivity contribution >= 4 is 17.7 Å². The third-order valence-electron chi connectivity index (χ3n) is 3.90. The summed E-state index contributed by atoms with van der Waals surface area (Å²) in [6.45, 7) is 0. The molecule has 2 nitrogen and oxygen atoms in total. The molecule has 0 aromatic heterocycles. The molecule has 0 bridgehead atoms. The number of fused-ring (bicyclic) bond motifs is 1. The summed E-state index contributed by atoms with van der Waals surface area (Å²) in [4.78, 5) is 12.7. The van der Waals surface area contributed by atoms with Crippen LogP contribution in [0.15, 0.2) is 53.4 Å². The summed E-state index contributed by atoms with van der Waals surface area (Å²) < 4.78 is 13.5. The van der Waals surface area contributed by atoms with Crippen LogP contribution in [-0.4, -0.2) is 11.7 Å². The molecular weight excluding hydrogens is 297 g/mol. The minimum atomic E-state index is -0.275. The van der Waals surface area contributed by atoms with Crippen molar-refractivity contribution in [2.24, 2.45) is 0 Å². The van der Waals surface area contributed by atoms with Gasteiger partial charge in [0, 0.05) is 4.90 Å². The second kappa shape index (κ2) is 6.97.